The third-order valence-electron chi connectivity index (χ3n) is 5.58. The predicted molar refractivity (Wildman–Crippen MR) is 126 cm³/mol. The molecule has 164 valence electrons. The summed E-state index contributed by atoms with van der Waals surface area (Å²) in [5.41, 5.74) is 5.26. The van der Waals surface area contributed by atoms with E-state index in [2.05, 4.69) is 64.0 Å². The molecular weight excluding hydrogens is 400 g/mol. The van der Waals surface area contributed by atoms with Gasteiger partial charge in [0.25, 0.3) is 0 Å². The molecule has 0 spiro atoms. The van der Waals surface area contributed by atoms with Crippen LogP contribution < -0.4 is 5.69 Å². The third-order valence-corrected chi connectivity index (χ3v) is 5.58. The number of aryl methyl sites for hydroxylation is 1. The molecule has 0 atom stereocenters. The lowest BCUT2D eigenvalue weighted by Gasteiger charge is -2.10. The quantitative estimate of drug-likeness (QED) is 0.399. The molecule has 0 fully saturated rings. The van der Waals surface area contributed by atoms with Gasteiger partial charge in [-0.05, 0) is 40.5 Å². The first-order chi connectivity index (χ1) is 15.7. The zero-order chi connectivity index (χ0) is 22.3. The minimum atomic E-state index is 0.0604. The Morgan fingerprint density at radius 1 is 1.06 bits per heavy atom. The first kappa shape index (κ1) is 21.5. The molecule has 2 aromatic carbocycles. The Kier molecular flexibility index (Phi) is 6.75. The third kappa shape index (κ3) is 4.61. The highest BCUT2D eigenvalue weighted by molar-refractivity contribution is 5.80. The summed E-state index contributed by atoms with van der Waals surface area (Å²) >= 11 is 0. The molecule has 0 radical (unpaired) electrons. The molecular formula is C25H28N6O. The number of benzene rings is 2. The van der Waals surface area contributed by atoms with Crippen molar-refractivity contribution in [2.24, 2.45) is 0 Å². The maximum atomic E-state index is 13.0. The van der Waals surface area contributed by atoms with E-state index in [1.54, 1.807) is 0 Å². The van der Waals surface area contributed by atoms with Gasteiger partial charge in [-0.15, -0.1) is 5.10 Å². The fourth-order valence-corrected chi connectivity index (χ4v) is 3.83. The summed E-state index contributed by atoms with van der Waals surface area (Å²) in [5.74, 6) is 0.637. The molecule has 0 amide bonds. The predicted octanol–water partition coefficient (Wildman–Crippen LogP) is 4.46. The Morgan fingerprint density at radius 2 is 1.84 bits per heavy atom. The number of rotatable bonds is 9. The molecule has 4 aromatic rings. The Bertz CT molecular complexity index is 1230. The molecule has 7 heteroatoms. The van der Waals surface area contributed by atoms with Crippen LogP contribution in [-0.2, 0) is 19.5 Å². The summed E-state index contributed by atoms with van der Waals surface area (Å²) in [7, 11) is 0. The zero-order valence-corrected chi connectivity index (χ0v) is 18.5. The van der Waals surface area contributed by atoms with Crippen LogP contribution in [0.25, 0.3) is 22.5 Å². The van der Waals surface area contributed by atoms with Crippen molar-refractivity contribution in [2.75, 3.05) is 0 Å². The van der Waals surface area contributed by atoms with Crippen molar-refractivity contribution in [3.63, 3.8) is 0 Å². The van der Waals surface area contributed by atoms with Gasteiger partial charge in [-0.25, -0.2) is 9.89 Å². The monoisotopic (exact) mass is 428 g/mol. The number of hydrogen-bond acceptors (Lipinski definition) is 4. The van der Waals surface area contributed by atoms with E-state index in [-0.39, 0.29) is 5.69 Å². The van der Waals surface area contributed by atoms with E-state index in [4.69, 9.17) is 0 Å². The van der Waals surface area contributed by atoms with Crippen molar-refractivity contribution in [2.45, 2.75) is 46.2 Å². The molecule has 0 unspecified atom stereocenters. The average Bonchev–Trinajstić information content (AvgIpc) is 3.46. The fourth-order valence-electron chi connectivity index (χ4n) is 3.83. The summed E-state index contributed by atoms with van der Waals surface area (Å²) in [6.07, 6.45) is 8.94. The number of tetrazole rings is 1. The summed E-state index contributed by atoms with van der Waals surface area (Å²) in [6.45, 7) is 5.46. The molecule has 2 heterocycles. The van der Waals surface area contributed by atoms with Crippen LogP contribution in [0, 0.1) is 0 Å². The molecule has 7 nitrogen and oxygen atoms in total. The summed E-state index contributed by atoms with van der Waals surface area (Å²) in [6, 6.07) is 16.4. The molecule has 0 saturated heterocycles. The molecule has 32 heavy (non-hydrogen) atoms. The van der Waals surface area contributed by atoms with Gasteiger partial charge in [-0.1, -0.05) is 74.0 Å². The van der Waals surface area contributed by atoms with E-state index in [0.717, 1.165) is 53.8 Å². The van der Waals surface area contributed by atoms with E-state index in [1.807, 2.05) is 46.5 Å². The lowest BCUT2D eigenvalue weighted by Crippen LogP contribution is -2.25. The van der Waals surface area contributed by atoms with Gasteiger partial charge in [-0.3, -0.25) is 9.13 Å². The number of aromatic amines is 1. The lowest BCUT2D eigenvalue weighted by molar-refractivity contribution is 0.593. The average molecular weight is 429 g/mol. The maximum absolute atomic E-state index is 13.0. The van der Waals surface area contributed by atoms with Crippen molar-refractivity contribution in [3.05, 3.63) is 88.6 Å². The second-order valence-electron chi connectivity index (χ2n) is 7.80. The highest BCUT2D eigenvalue weighted by Gasteiger charge is 2.12. The summed E-state index contributed by atoms with van der Waals surface area (Å²) < 4.78 is 3.73. The number of unbranched alkanes of at least 4 members (excludes halogenated alkanes) is 1. The van der Waals surface area contributed by atoms with Crippen LogP contribution in [-0.4, -0.2) is 29.8 Å². The van der Waals surface area contributed by atoms with Crippen molar-refractivity contribution in [1.29, 1.82) is 0 Å². The largest absolute Gasteiger partial charge is 0.328 e. The Balaban J connectivity index is 1.61. The van der Waals surface area contributed by atoms with E-state index in [0.29, 0.717) is 12.4 Å². The van der Waals surface area contributed by atoms with Crippen molar-refractivity contribution in [3.8, 4) is 22.5 Å². The lowest BCUT2D eigenvalue weighted by atomic mass is 9.98. The van der Waals surface area contributed by atoms with Crippen molar-refractivity contribution < 1.29 is 0 Å². The second-order valence-corrected chi connectivity index (χ2v) is 7.80. The van der Waals surface area contributed by atoms with Gasteiger partial charge in [0.1, 0.15) is 0 Å². The highest BCUT2D eigenvalue weighted by atomic mass is 16.1. The summed E-state index contributed by atoms with van der Waals surface area (Å²) in [4.78, 5) is 13.0. The molecule has 0 saturated carbocycles. The van der Waals surface area contributed by atoms with Gasteiger partial charge in [0.05, 0.1) is 6.54 Å². The standard InChI is InChI=1S/C25H28N6O/c1-3-5-9-21-18-30(16-6-4-2)25(32)31(21)17-19-12-14-20(15-13-19)22-10-7-8-11-23(22)24-26-28-29-27-24/h3,5,7-8,10-15,18H,4,6,9,16-17H2,1-2H3,(H,26,27,28,29)/b5-3+. The van der Waals surface area contributed by atoms with E-state index < -0.39 is 0 Å². The van der Waals surface area contributed by atoms with Gasteiger partial charge in [-0.2, -0.15) is 0 Å². The number of nitrogens with one attached hydrogen (secondary N) is 1. The highest BCUT2D eigenvalue weighted by Crippen LogP contribution is 2.29. The minimum absolute atomic E-state index is 0.0604. The topological polar surface area (TPSA) is 81.4 Å². The van der Waals surface area contributed by atoms with Crippen LogP contribution in [0.3, 0.4) is 0 Å². The zero-order valence-electron chi connectivity index (χ0n) is 18.5. The Morgan fingerprint density at radius 3 is 2.53 bits per heavy atom. The van der Waals surface area contributed by atoms with E-state index >= 15 is 0 Å². The number of H-pyrrole nitrogens is 1. The number of allylic oxidation sites excluding steroid dienone is 2. The molecule has 0 aliphatic rings. The first-order valence-electron chi connectivity index (χ1n) is 11.0. The van der Waals surface area contributed by atoms with Crippen LogP contribution in [0.15, 0.2) is 71.7 Å². The van der Waals surface area contributed by atoms with Crippen LogP contribution in [0.5, 0.6) is 0 Å². The molecule has 0 aliphatic heterocycles. The molecule has 0 aliphatic carbocycles. The van der Waals surface area contributed by atoms with Crippen LogP contribution >= 0.6 is 0 Å². The Hall–Kier alpha value is -3.74. The molecule has 2 aromatic heterocycles. The number of nitrogens with zero attached hydrogens (tertiary/aromatic N) is 5. The van der Waals surface area contributed by atoms with Crippen LogP contribution in [0.1, 0.15) is 37.9 Å². The van der Waals surface area contributed by atoms with Gasteiger partial charge in [0.15, 0.2) is 5.82 Å². The van der Waals surface area contributed by atoms with Gasteiger partial charge >= 0.3 is 5.69 Å². The fraction of sp³-hybridized carbons (Fsp3) is 0.280. The van der Waals surface area contributed by atoms with Gasteiger partial charge in [0, 0.05) is 30.4 Å². The summed E-state index contributed by atoms with van der Waals surface area (Å²) in [5, 5.41) is 14.3. The van der Waals surface area contributed by atoms with Crippen molar-refractivity contribution >= 4 is 0 Å². The van der Waals surface area contributed by atoms with Crippen molar-refractivity contribution in [1.82, 2.24) is 29.8 Å². The normalized spacial score (nSPS) is 11.4. The second kappa shape index (κ2) is 10.0. The number of hydrogen-bond donors (Lipinski definition) is 1. The van der Waals surface area contributed by atoms with Gasteiger partial charge < -0.3 is 0 Å². The molecule has 4 rings (SSSR count). The maximum Gasteiger partial charge on any atom is 0.328 e. The van der Waals surface area contributed by atoms with E-state index in [9.17, 15) is 4.79 Å². The SMILES string of the molecule is C/C=C/Cc1cn(CCCC)c(=O)n1Cc1ccc(-c2ccccc2-c2nnn[nH]2)cc1. The Labute approximate surface area is 187 Å². The van der Waals surface area contributed by atoms with Gasteiger partial charge in [0.2, 0.25) is 0 Å². The van der Waals surface area contributed by atoms with E-state index in [1.165, 1.54) is 0 Å². The smallest absolute Gasteiger partial charge is 0.299 e. The molecule has 0 bridgehead atoms. The van der Waals surface area contributed by atoms with Crippen LogP contribution in [0.2, 0.25) is 0 Å². The van der Waals surface area contributed by atoms with Crippen LogP contribution in [0.4, 0.5) is 0 Å². The minimum Gasteiger partial charge on any atom is -0.299 e. The number of imidazole rings is 1. The first-order valence-corrected chi connectivity index (χ1v) is 11.0. The number of aromatic nitrogens is 6. The molecule has 1 N–H and O–H groups in total.